The zero-order valence-electron chi connectivity index (χ0n) is 12.9. The van der Waals surface area contributed by atoms with E-state index in [0.29, 0.717) is 19.6 Å². The number of carbonyl (C=O) groups excluding carboxylic acids is 2. The average molecular weight is 373 g/mol. The fraction of sp³-hybridized carbons (Fsp3) is 0.429. The van der Waals surface area contributed by atoms with Crippen LogP contribution < -0.4 is 10.6 Å². The first-order valence-electron chi connectivity index (χ1n) is 7.30. The standard InChI is InChI=1S/C14H19N3O5S2/c1-2-6-15-13(18)14(19)16-10-11-17(7-4-8-22-11)24(20,21)12-5-3-9-23-12/h2-3,5,9,11H,1,4,6-8,10H2,(H,15,18)(H,16,19). The van der Waals surface area contributed by atoms with Gasteiger partial charge in [-0.25, -0.2) is 8.42 Å². The molecule has 2 heterocycles. The first kappa shape index (κ1) is 18.6. The van der Waals surface area contributed by atoms with Crippen LogP contribution in [0, 0.1) is 0 Å². The molecule has 0 saturated carbocycles. The van der Waals surface area contributed by atoms with Crippen molar-refractivity contribution in [2.45, 2.75) is 16.9 Å². The van der Waals surface area contributed by atoms with Crippen molar-refractivity contribution in [2.75, 3.05) is 26.2 Å². The van der Waals surface area contributed by atoms with Gasteiger partial charge in [0.2, 0.25) is 0 Å². The number of carbonyl (C=O) groups is 2. The Labute approximate surface area is 144 Å². The van der Waals surface area contributed by atoms with Crippen LogP contribution in [0.1, 0.15) is 6.42 Å². The van der Waals surface area contributed by atoms with Gasteiger partial charge in [-0.15, -0.1) is 17.9 Å². The lowest BCUT2D eigenvalue weighted by Gasteiger charge is -2.34. The zero-order chi connectivity index (χ0) is 17.6. The van der Waals surface area contributed by atoms with Gasteiger partial charge in [-0.3, -0.25) is 9.59 Å². The molecule has 1 aromatic heterocycles. The van der Waals surface area contributed by atoms with E-state index in [1.54, 1.807) is 11.4 Å². The molecule has 1 saturated heterocycles. The molecule has 1 unspecified atom stereocenters. The zero-order valence-corrected chi connectivity index (χ0v) is 14.6. The monoisotopic (exact) mass is 373 g/mol. The number of amides is 2. The highest BCUT2D eigenvalue weighted by molar-refractivity contribution is 7.91. The second kappa shape index (κ2) is 8.38. The molecule has 0 radical (unpaired) electrons. The van der Waals surface area contributed by atoms with E-state index >= 15 is 0 Å². The van der Waals surface area contributed by atoms with Crippen LogP contribution in [0.5, 0.6) is 0 Å². The molecular formula is C14H19N3O5S2. The minimum absolute atomic E-state index is 0.106. The van der Waals surface area contributed by atoms with E-state index in [2.05, 4.69) is 17.2 Å². The number of hydrogen-bond acceptors (Lipinski definition) is 6. The van der Waals surface area contributed by atoms with Gasteiger partial charge < -0.3 is 15.4 Å². The minimum atomic E-state index is -3.69. The van der Waals surface area contributed by atoms with Crippen LogP contribution in [-0.2, 0) is 24.3 Å². The minimum Gasteiger partial charge on any atom is -0.360 e. The lowest BCUT2D eigenvalue weighted by atomic mass is 10.3. The largest absolute Gasteiger partial charge is 0.360 e. The van der Waals surface area contributed by atoms with Crippen molar-refractivity contribution in [3.8, 4) is 0 Å². The van der Waals surface area contributed by atoms with Gasteiger partial charge in [0.05, 0.1) is 13.2 Å². The number of ether oxygens (including phenoxy) is 1. The molecule has 1 aromatic rings. The Morgan fingerprint density at radius 1 is 1.42 bits per heavy atom. The van der Waals surface area contributed by atoms with Gasteiger partial charge in [0.1, 0.15) is 10.4 Å². The summed E-state index contributed by atoms with van der Waals surface area (Å²) in [7, 11) is -3.69. The van der Waals surface area contributed by atoms with Gasteiger partial charge in [-0.1, -0.05) is 12.1 Å². The second-order valence-electron chi connectivity index (χ2n) is 4.94. The maximum atomic E-state index is 12.6. The third-order valence-electron chi connectivity index (χ3n) is 3.26. The summed E-state index contributed by atoms with van der Waals surface area (Å²) in [5.74, 6) is -1.65. The van der Waals surface area contributed by atoms with Gasteiger partial charge in [0, 0.05) is 13.1 Å². The third kappa shape index (κ3) is 4.41. The lowest BCUT2D eigenvalue weighted by molar-refractivity contribution is -0.140. The van der Waals surface area contributed by atoms with E-state index in [-0.39, 0.29) is 17.3 Å². The second-order valence-corrected chi connectivity index (χ2v) is 8.00. The molecule has 1 aliphatic rings. The van der Waals surface area contributed by atoms with E-state index in [4.69, 9.17) is 4.74 Å². The van der Waals surface area contributed by atoms with Crippen molar-refractivity contribution in [2.24, 2.45) is 0 Å². The molecule has 8 nitrogen and oxygen atoms in total. The third-order valence-corrected chi connectivity index (χ3v) is 6.52. The maximum absolute atomic E-state index is 12.6. The Morgan fingerprint density at radius 2 is 2.17 bits per heavy atom. The molecule has 0 spiro atoms. The fourth-order valence-electron chi connectivity index (χ4n) is 2.13. The summed E-state index contributed by atoms with van der Waals surface area (Å²) in [6, 6.07) is 3.18. The van der Waals surface area contributed by atoms with Gasteiger partial charge in [-0.2, -0.15) is 4.31 Å². The normalized spacial score (nSPS) is 18.8. The summed E-state index contributed by atoms with van der Waals surface area (Å²) in [5.41, 5.74) is 0. The summed E-state index contributed by atoms with van der Waals surface area (Å²) < 4.78 is 32.2. The van der Waals surface area contributed by atoms with E-state index in [1.165, 1.54) is 16.4 Å². The number of nitrogens with zero attached hydrogens (tertiary/aromatic N) is 1. The van der Waals surface area contributed by atoms with Crippen molar-refractivity contribution < 1.29 is 22.7 Å². The molecule has 10 heteroatoms. The summed E-state index contributed by atoms with van der Waals surface area (Å²) in [4.78, 5) is 23.2. The SMILES string of the molecule is C=CCNC(=O)C(=O)NCC1OCCCN1S(=O)(=O)c1cccs1. The molecule has 0 aliphatic carbocycles. The molecule has 1 fully saturated rings. The molecule has 2 rings (SSSR count). The number of rotatable bonds is 6. The first-order chi connectivity index (χ1) is 11.5. The highest BCUT2D eigenvalue weighted by Gasteiger charge is 2.35. The van der Waals surface area contributed by atoms with Gasteiger partial charge in [0.25, 0.3) is 10.0 Å². The molecule has 132 valence electrons. The highest BCUT2D eigenvalue weighted by atomic mass is 32.2. The van der Waals surface area contributed by atoms with Crippen LogP contribution in [0.3, 0.4) is 0 Å². The number of hydrogen-bond donors (Lipinski definition) is 2. The Hall–Kier alpha value is -1.75. The molecular weight excluding hydrogens is 354 g/mol. The molecule has 2 N–H and O–H groups in total. The fourth-order valence-corrected chi connectivity index (χ4v) is 4.82. The molecule has 0 bridgehead atoms. The summed E-state index contributed by atoms with van der Waals surface area (Å²) >= 11 is 1.12. The van der Waals surface area contributed by atoms with E-state index in [9.17, 15) is 18.0 Å². The summed E-state index contributed by atoms with van der Waals surface area (Å²) in [5, 5.41) is 6.42. The Bertz CT molecular complexity index is 687. The predicted molar refractivity (Wildman–Crippen MR) is 88.8 cm³/mol. The van der Waals surface area contributed by atoms with Gasteiger partial charge >= 0.3 is 11.8 Å². The van der Waals surface area contributed by atoms with Gasteiger partial charge in [-0.05, 0) is 17.9 Å². The number of thiophene rings is 1. The molecule has 24 heavy (non-hydrogen) atoms. The van der Waals surface area contributed by atoms with Crippen LogP contribution in [-0.4, -0.2) is 57.0 Å². The Kier molecular flexibility index (Phi) is 6.49. The smallest absolute Gasteiger partial charge is 0.309 e. The van der Waals surface area contributed by atoms with Crippen LogP contribution in [0.15, 0.2) is 34.4 Å². The first-order valence-corrected chi connectivity index (χ1v) is 9.62. The van der Waals surface area contributed by atoms with E-state index in [1.807, 2.05) is 0 Å². The predicted octanol–water partition coefficient (Wildman–Crippen LogP) is -0.0964. The number of sulfonamides is 1. The van der Waals surface area contributed by atoms with Crippen LogP contribution in [0.25, 0.3) is 0 Å². The highest BCUT2D eigenvalue weighted by Crippen LogP contribution is 2.25. The average Bonchev–Trinajstić information content (AvgIpc) is 3.13. The summed E-state index contributed by atoms with van der Waals surface area (Å²) in [6.07, 6.45) is 1.17. The molecule has 0 aromatic carbocycles. The Morgan fingerprint density at radius 3 is 2.83 bits per heavy atom. The van der Waals surface area contributed by atoms with Gasteiger partial charge in [0.15, 0.2) is 0 Å². The van der Waals surface area contributed by atoms with Crippen LogP contribution >= 0.6 is 11.3 Å². The van der Waals surface area contributed by atoms with Crippen molar-refractivity contribution in [1.29, 1.82) is 0 Å². The lowest BCUT2D eigenvalue weighted by Crippen LogP contribution is -2.53. The molecule has 1 aliphatic heterocycles. The number of nitrogens with one attached hydrogen (secondary N) is 2. The topological polar surface area (TPSA) is 105 Å². The molecule has 2 amide bonds. The van der Waals surface area contributed by atoms with Crippen molar-refractivity contribution in [1.82, 2.24) is 14.9 Å². The quantitative estimate of drug-likeness (QED) is 0.535. The van der Waals surface area contributed by atoms with E-state index in [0.717, 1.165) is 11.3 Å². The summed E-state index contributed by atoms with van der Waals surface area (Å²) in [6.45, 7) is 4.18. The Balaban J connectivity index is 2.01. The van der Waals surface area contributed by atoms with Crippen molar-refractivity contribution in [3.63, 3.8) is 0 Å². The molecule has 1 atom stereocenters. The van der Waals surface area contributed by atoms with Crippen molar-refractivity contribution >= 4 is 33.2 Å². The van der Waals surface area contributed by atoms with Crippen LogP contribution in [0.4, 0.5) is 0 Å². The van der Waals surface area contributed by atoms with E-state index < -0.39 is 28.1 Å². The maximum Gasteiger partial charge on any atom is 0.309 e. The van der Waals surface area contributed by atoms with Crippen molar-refractivity contribution in [3.05, 3.63) is 30.2 Å². The van der Waals surface area contributed by atoms with Crippen LogP contribution in [0.2, 0.25) is 0 Å².